The summed E-state index contributed by atoms with van der Waals surface area (Å²) in [6, 6.07) is 6.17. The molecule has 0 aliphatic carbocycles. The third kappa shape index (κ3) is 1.67. The lowest BCUT2D eigenvalue weighted by Crippen LogP contribution is -2.26. The number of hydrogen-bond acceptors (Lipinski definition) is 5. The van der Waals surface area contributed by atoms with Gasteiger partial charge in [-0.3, -0.25) is 29.1 Å². The lowest BCUT2D eigenvalue weighted by atomic mass is 10.1. The smallest absolute Gasteiger partial charge is 0.262 e. The van der Waals surface area contributed by atoms with Gasteiger partial charge in [0.15, 0.2) is 0 Å². The molecule has 0 spiro atoms. The number of benzene rings is 1. The molecule has 2 aliphatic heterocycles. The lowest BCUT2D eigenvalue weighted by Gasteiger charge is -2.14. The number of fused-ring (bicyclic) bond motifs is 2. The number of imide groups is 1. The number of pyridine rings is 1. The van der Waals surface area contributed by atoms with Crippen LogP contribution in [0.1, 0.15) is 36.6 Å². The Kier molecular flexibility index (Phi) is 2.69. The molecule has 4 rings (SSSR count). The molecule has 1 aromatic carbocycles. The summed E-state index contributed by atoms with van der Waals surface area (Å²) in [5.41, 5.74) is 6.80. The van der Waals surface area contributed by atoms with E-state index in [9.17, 15) is 19.2 Å². The molecule has 3 amide bonds. The summed E-state index contributed by atoms with van der Waals surface area (Å²) >= 11 is 0. The molecule has 8 heteroatoms. The number of aromatic nitrogens is 1. The number of rotatable bonds is 1. The van der Waals surface area contributed by atoms with Crippen LogP contribution in [0.2, 0.25) is 0 Å². The van der Waals surface area contributed by atoms with Crippen molar-refractivity contribution in [2.24, 2.45) is 0 Å². The molecule has 0 unspecified atom stereocenters. The number of nitrogens with one attached hydrogen (secondary N) is 1. The molecule has 120 valence electrons. The van der Waals surface area contributed by atoms with E-state index < -0.39 is 17.4 Å². The van der Waals surface area contributed by atoms with Gasteiger partial charge in [-0.1, -0.05) is 12.1 Å². The third-order valence-corrected chi connectivity index (χ3v) is 4.29. The van der Waals surface area contributed by atoms with E-state index in [0.717, 1.165) is 16.2 Å². The number of nitrogens with zero attached hydrogens (tertiary/aromatic N) is 2. The van der Waals surface area contributed by atoms with Crippen LogP contribution in [-0.2, 0) is 6.54 Å². The van der Waals surface area contributed by atoms with Crippen LogP contribution < -0.4 is 16.6 Å². The summed E-state index contributed by atoms with van der Waals surface area (Å²) < 4.78 is 1.10. The van der Waals surface area contributed by atoms with Gasteiger partial charge in [0.2, 0.25) is 0 Å². The molecular weight excluding hydrogens is 312 g/mol. The highest BCUT2D eigenvalue weighted by Gasteiger charge is 2.34. The highest BCUT2D eigenvalue weighted by molar-refractivity contribution is 6.23. The minimum absolute atomic E-state index is 0.0454. The zero-order valence-corrected chi connectivity index (χ0v) is 12.6. The van der Waals surface area contributed by atoms with Crippen molar-refractivity contribution in [1.29, 1.82) is 0 Å². The molecule has 0 bridgehead atoms. The minimum atomic E-state index is -0.655. The maximum absolute atomic E-state index is 12.5. The predicted octanol–water partition coefficient (Wildman–Crippen LogP) is -0.111. The maximum atomic E-state index is 12.5. The molecule has 2 aliphatic rings. The van der Waals surface area contributed by atoms with E-state index in [4.69, 9.17) is 5.73 Å². The first-order valence-electron chi connectivity index (χ1n) is 7.19. The van der Waals surface area contributed by atoms with Crippen molar-refractivity contribution in [1.82, 2.24) is 14.8 Å². The molecule has 24 heavy (non-hydrogen) atoms. The number of carbonyl (C=O) groups is 3. The van der Waals surface area contributed by atoms with E-state index in [2.05, 4.69) is 5.32 Å². The van der Waals surface area contributed by atoms with Crippen LogP contribution in [0.5, 0.6) is 0 Å². The fourth-order valence-corrected chi connectivity index (χ4v) is 3.20. The monoisotopic (exact) mass is 324 g/mol. The maximum Gasteiger partial charge on any atom is 0.262 e. The summed E-state index contributed by atoms with van der Waals surface area (Å²) in [5.74, 6) is -1.69. The van der Waals surface area contributed by atoms with E-state index in [1.807, 2.05) is 0 Å². The number of nitrogens with two attached hydrogens (primary N) is 1. The van der Waals surface area contributed by atoms with Crippen LogP contribution >= 0.6 is 0 Å². The van der Waals surface area contributed by atoms with Gasteiger partial charge in [0, 0.05) is 19.7 Å². The first-order chi connectivity index (χ1) is 11.4. The standard InChI is InChI=1S/C16H12N4O4/c1-19-6-7-3-2-4-9(11(7)16(19)24)20-10(21)5-8-12(13(20)17)15(23)18-14(8)22/h2-5H,6,17H2,1H3,(H,18,22,23). The highest BCUT2D eigenvalue weighted by atomic mass is 16.2. The van der Waals surface area contributed by atoms with Gasteiger partial charge in [-0.05, 0) is 11.6 Å². The fourth-order valence-electron chi connectivity index (χ4n) is 3.20. The molecule has 8 nitrogen and oxygen atoms in total. The Morgan fingerprint density at radius 2 is 1.83 bits per heavy atom. The molecule has 0 atom stereocenters. The quantitative estimate of drug-likeness (QED) is 0.710. The number of anilines is 1. The van der Waals surface area contributed by atoms with E-state index in [1.54, 1.807) is 25.2 Å². The lowest BCUT2D eigenvalue weighted by molar-refractivity contribution is 0.0814. The van der Waals surface area contributed by atoms with Crippen molar-refractivity contribution < 1.29 is 14.4 Å². The Bertz CT molecular complexity index is 1020. The Hall–Kier alpha value is -3.42. The molecule has 0 radical (unpaired) electrons. The van der Waals surface area contributed by atoms with Crippen molar-refractivity contribution in [3.8, 4) is 5.69 Å². The molecule has 3 heterocycles. The van der Waals surface area contributed by atoms with Gasteiger partial charge in [0.1, 0.15) is 5.82 Å². The van der Waals surface area contributed by atoms with Crippen LogP contribution in [0, 0.1) is 0 Å². The van der Waals surface area contributed by atoms with E-state index >= 15 is 0 Å². The van der Waals surface area contributed by atoms with Crippen molar-refractivity contribution in [2.75, 3.05) is 12.8 Å². The van der Waals surface area contributed by atoms with E-state index in [1.165, 1.54) is 4.90 Å². The van der Waals surface area contributed by atoms with Gasteiger partial charge >= 0.3 is 0 Å². The molecule has 0 saturated heterocycles. The van der Waals surface area contributed by atoms with Crippen LogP contribution in [-0.4, -0.2) is 34.2 Å². The van der Waals surface area contributed by atoms with E-state index in [0.29, 0.717) is 17.8 Å². The highest BCUT2D eigenvalue weighted by Crippen LogP contribution is 2.30. The second kappa shape index (κ2) is 4.54. The molecule has 1 aromatic heterocycles. The summed E-state index contributed by atoms with van der Waals surface area (Å²) in [7, 11) is 1.66. The van der Waals surface area contributed by atoms with E-state index in [-0.39, 0.29) is 22.9 Å². The SMILES string of the molecule is CN1Cc2cccc(-n3c(N)c4c(cc3=O)C(=O)NC4=O)c2C1=O. The summed E-state index contributed by atoms with van der Waals surface area (Å²) in [6.07, 6.45) is 0. The zero-order valence-electron chi connectivity index (χ0n) is 12.6. The zero-order chi connectivity index (χ0) is 17.2. The van der Waals surface area contributed by atoms with Gasteiger partial charge in [-0.2, -0.15) is 0 Å². The third-order valence-electron chi connectivity index (χ3n) is 4.29. The number of nitrogen functional groups attached to an aromatic ring is 1. The Morgan fingerprint density at radius 3 is 2.58 bits per heavy atom. The van der Waals surface area contributed by atoms with Crippen molar-refractivity contribution in [2.45, 2.75) is 6.54 Å². The van der Waals surface area contributed by atoms with Gasteiger partial charge < -0.3 is 10.6 Å². The topological polar surface area (TPSA) is 114 Å². The first kappa shape index (κ1) is 14.2. The number of amides is 3. The largest absolute Gasteiger partial charge is 0.384 e. The average Bonchev–Trinajstić information content (AvgIpc) is 2.97. The predicted molar refractivity (Wildman–Crippen MR) is 84.0 cm³/mol. The first-order valence-corrected chi connectivity index (χ1v) is 7.19. The Morgan fingerprint density at radius 1 is 1.08 bits per heavy atom. The van der Waals surface area contributed by atoms with Crippen molar-refractivity contribution in [3.63, 3.8) is 0 Å². The summed E-state index contributed by atoms with van der Waals surface area (Å²) in [4.78, 5) is 50.1. The van der Waals surface area contributed by atoms with Crippen molar-refractivity contribution >= 4 is 23.5 Å². The summed E-state index contributed by atoms with van der Waals surface area (Å²) in [6.45, 7) is 0.431. The van der Waals surface area contributed by atoms with Gasteiger partial charge in [0.25, 0.3) is 23.3 Å². The Balaban J connectivity index is 2.05. The molecule has 0 saturated carbocycles. The number of hydrogen-bond donors (Lipinski definition) is 2. The molecule has 2 aromatic rings. The summed E-state index contributed by atoms with van der Waals surface area (Å²) in [5, 5.41) is 2.11. The minimum Gasteiger partial charge on any atom is -0.384 e. The average molecular weight is 324 g/mol. The molecule has 0 fully saturated rings. The second-order valence-electron chi connectivity index (χ2n) is 5.75. The van der Waals surface area contributed by atoms with Crippen LogP contribution in [0.25, 0.3) is 5.69 Å². The Labute approximate surface area is 135 Å². The van der Waals surface area contributed by atoms with Crippen molar-refractivity contribution in [3.05, 3.63) is 56.9 Å². The van der Waals surface area contributed by atoms with Gasteiger partial charge in [0.05, 0.1) is 22.4 Å². The van der Waals surface area contributed by atoms with Crippen LogP contribution in [0.4, 0.5) is 5.82 Å². The van der Waals surface area contributed by atoms with Crippen LogP contribution in [0.3, 0.4) is 0 Å². The van der Waals surface area contributed by atoms with Gasteiger partial charge in [-0.15, -0.1) is 0 Å². The molecule has 3 N–H and O–H groups in total. The normalized spacial score (nSPS) is 15.5. The van der Waals surface area contributed by atoms with Crippen LogP contribution in [0.15, 0.2) is 29.1 Å². The van der Waals surface area contributed by atoms with Gasteiger partial charge in [-0.25, -0.2) is 0 Å². The molecular formula is C16H12N4O4. The fraction of sp³-hybridized carbons (Fsp3) is 0.125. The number of carbonyl (C=O) groups excluding carboxylic acids is 3. The second-order valence-corrected chi connectivity index (χ2v) is 5.75.